The number of ether oxygens (including phenoxy) is 1. The third-order valence-corrected chi connectivity index (χ3v) is 6.47. The van der Waals surface area contributed by atoms with E-state index in [1.165, 1.54) is 0 Å². The Morgan fingerprint density at radius 3 is 2.00 bits per heavy atom. The van der Waals surface area contributed by atoms with Gasteiger partial charge in [-0.1, -0.05) is 19.2 Å². The van der Waals surface area contributed by atoms with Gasteiger partial charge in [-0.25, -0.2) is 9.59 Å². The molecule has 0 aliphatic carbocycles. The molecule has 0 radical (unpaired) electrons. The molecule has 9 heteroatoms. The normalized spacial score (nSPS) is 10.0. The maximum atomic E-state index is 11.2. The van der Waals surface area contributed by atoms with Gasteiger partial charge in [0.15, 0.2) is 0 Å². The maximum Gasteiger partial charge on any atom is 0.332 e. The van der Waals surface area contributed by atoms with E-state index in [9.17, 15) is 9.59 Å². The van der Waals surface area contributed by atoms with Crippen molar-refractivity contribution >= 4 is 91.6 Å². The van der Waals surface area contributed by atoms with Gasteiger partial charge in [0.1, 0.15) is 0 Å². The molecule has 0 saturated carbocycles. The second kappa shape index (κ2) is 10.0. The van der Waals surface area contributed by atoms with Crippen LogP contribution in [0.15, 0.2) is 50.9 Å². The summed E-state index contributed by atoms with van der Waals surface area (Å²) in [6.07, 6.45) is 1.93. The molecule has 0 aromatic heterocycles. The van der Waals surface area contributed by atoms with Crippen LogP contribution in [0.1, 0.15) is 5.56 Å². The van der Waals surface area contributed by atoms with Crippen LogP contribution >= 0.6 is 79.6 Å². The molecule has 1 aromatic rings. The molecule has 0 fully saturated rings. The fourth-order valence-corrected chi connectivity index (χ4v) is 4.05. The van der Waals surface area contributed by atoms with Crippen LogP contribution in [0.4, 0.5) is 0 Å². The number of carboxylic acids is 1. The van der Waals surface area contributed by atoms with E-state index in [0.717, 1.165) is 25.6 Å². The average molecular weight is 629 g/mol. The van der Waals surface area contributed by atoms with Crippen LogP contribution in [-0.4, -0.2) is 17.0 Å². The Kier molecular flexibility index (Phi) is 10.0. The Bertz CT molecular complexity index is 598. The third kappa shape index (κ3) is 7.08. The van der Waals surface area contributed by atoms with Crippen LogP contribution in [0.3, 0.4) is 0 Å². The molecular weight excluding hydrogens is 620 g/mol. The minimum atomic E-state index is -1.10. The van der Waals surface area contributed by atoms with Gasteiger partial charge in [0.05, 0.1) is 0 Å². The highest BCUT2D eigenvalue weighted by atomic mass is 79.9. The topological polar surface area (TPSA) is 63.6 Å². The van der Waals surface area contributed by atoms with Crippen molar-refractivity contribution in [1.82, 2.24) is 0 Å². The molecule has 0 aliphatic heterocycles. The Hall–Kier alpha value is 0.0400. The van der Waals surface area contributed by atoms with Crippen molar-refractivity contribution in [3.8, 4) is 0 Å². The molecule has 0 spiro atoms. The molecule has 1 aromatic carbocycles. The van der Waals surface area contributed by atoms with Crippen molar-refractivity contribution in [1.29, 1.82) is 0 Å². The number of esters is 1. The van der Waals surface area contributed by atoms with Crippen molar-refractivity contribution in [2.45, 2.75) is 3.42 Å². The van der Waals surface area contributed by atoms with E-state index in [0.29, 0.717) is 5.56 Å². The predicted octanol–water partition coefficient (Wildman–Crippen LogP) is 5.86. The van der Waals surface area contributed by atoms with Crippen molar-refractivity contribution in [3.63, 3.8) is 0 Å². The van der Waals surface area contributed by atoms with Gasteiger partial charge >= 0.3 is 11.9 Å². The van der Waals surface area contributed by atoms with Gasteiger partial charge < -0.3 is 9.84 Å². The van der Waals surface area contributed by atoms with Crippen LogP contribution < -0.4 is 0 Å². The molecular formula is C13H9Br5O4. The number of hydrogen-bond donors (Lipinski definition) is 1. The van der Waals surface area contributed by atoms with Gasteiger partial charge in [-0.2, -0.15) is 0 Å². The van der Waals surface area contributed by atoms with Gasteiger partial charge in [-0.3, -0.25) is 0 Å². The molecule has 0 unspecified atom stereocenters. The van der Waals surface area contributed by atoms with Gasteiger partial charge in [-0.05, 0) is 85.7 Å². The van der Waals surface area contributed by atoms with E-state index in [1.54, 1.807) is 6.07 Å². The lowest BCUT2D eigenvalue weighted by molar-refractivity contribution is -0.140. The zero-order chi connectivity index (χ0) is 17.5. The Morgan fingerprint density at radius 2 is 1.59 bits per heavy atom. The maximum absolute atomic E-state index is 11.2. The number of benzene rings is 1. The fraction of sp³-hybridized carbons (Fsp3) is 0.0769. The van der Waals surface area contributed by atoms with Gasteiger partial charge in [0.2, 0.25) is 3.42 Å². The van der Waals surface area contributed by atoms with Crippen LogP contribution in [-0.2, 0) is 17.7 Å². The summed E-state index contributed by atoms with van der Waals surface area (Å²) in [5.41, 5.74) is 0.711. The van der Waals surface area contributed by atoms with E-state index in [4.69, 9.17) is 9.84 Å². The lowest BCUT2D eigenvalue weighted by Gasteiger charge is -2.22. The molecule has 0 amide bonds. The van der Waals surface area contributed by atoms with E-state index in [2.05, 4.69) is 92.8 Å². The molecule has 120 valence electrons. The predicted molar refractivity (Wildman–Crippen MR) is 103 cm³/mol. The molecule has 0 heterocycles. The molecule has 4 nitrogen and oxygen atoms in total. The van der Waals surface area contributed by atoms with Gasteiger partial charge in [0.25, 0.3) is 0 Å². The van der Waals surface area contributed by atoms with Crippen LogP contribution in [0, 0.1) is 0 Å². The first-order valence-electron chi connectivity index (χ1n) is 5.29. The van der Waals surface area contributed by atoms with E-state index >= 15 is 0 Å². The summed E-state index contributed by atoms with van der Waals surface area (Å²) in [6.45, 7) is 6.31. The molecule has 0 saturated heterocycles. The van der Waals surface area contributed by atoms with E-state index in [-0.39, 0.29) is 0 Å². The molecule has 0 bridgehead atoms. The fourth-order valence-electron chi connectivity index (χ4n) is 0.974. The van der Waals surface area contributed by atoms with E-state index in [1.807, 2.05) is 6.07 Å². The average Bonchev–Trinajstić information content (AvgIpc) is 2.44. The second-order valence-corrected chi connectivity index (χ2v) is 9.15. The number of carbonyl (C=O) groups excluding carboxylic acids is 1. The summed E-state index contributed by atoms with van der Waals surface area (Å²) in [4.78, 5) is 20.5. The van der Waals surface area contributed by atoms with Gasteiger partial charge in [0, 0.05) is 31.1 Å². The van der Waals surface area contributed by atoms with Gasteiger partial charge in [-0.15, -0.1) is 0 Å². The number of alkyl halides is 2. The first-order valence-corrected chi connectivity index (χ1v) is 9.25. The highest BCUT2D eigenvalue weighted by Gasteiger charge is 2.32. The summed E-state index contributed by atoms with van der Waals surface area (Å²) in [5.74, 6) is -1.52. The lowest BCUT2D eigenvalue weighted by Crippen LogP contribution is -2.18. The standard InChI is InChI=1S/C10H5Br5O2.C3H4O2/c1-2-7(16)17-10(14,15)5-3-4-6(11)9(13)8(5)12;1-2-3(4)5/h2-4H,1H2;2H,1H2,(H,4,5). The summed E-state index contributed by atoms with van der Waals surface area (Å²) >= 11 is 16.8. The smallest absolute Gasteiger partial charge is 0.332 e. The Morgan fingerprint density at radius 1 is 1.09 bits per heavy atom. The minimum Gasteiger partial charge on any atom is -0.478 e. The first kappa shape index (κ1) is 22.0. The summed E-state index contributed by atoms with van der Waals surface area (Å²) in [7, 11) is 0. The number of aliphatic carboxylic acids is 1. The molecule has 0 aliphatic rings. The van der Waals surface area contributed by atoms with Crippen molar-refractivity contribution in [3.05, 3.63) is 56.4 Å². The Labute approximate surface area is 169 Å². The van der Waals surface area contributed by atoms with Crippen LogP contribution in [0.2, 0.25) is 0 Å². The summed E-state index contributed by atoms with van der Waals surface area (Å²) < 4.78 is 6.53. The Balaban J connectivity index is 0.000000763. The molecule has 1 N–H and O–H groups in total. The zero-order valence-corrected chi connectivity index (χ0v) is 18.7. The lowest BCUT2D eigenvalue weighted by atomic mass is 10.2. The number of carboxylic acid groups (broad SMARTS) is 1. The van der Waals surface area contributed by atoms with Crippen LogP contribution in [0.25, 0.3) is 0 Å². The number of hydrogen-bond acceptors (Lipinski definition) is 3. The first-order chi connectivity index (χ1) is 10.1. The molecule has 0 atom stereocenters. The highest BCUT2D eigenvalue weighted by Crippen LogP contribution is 2.46. The minimum absolute atomic E-state index is 0.537. The SMILES string of the molecule is C=CC(=O)O.C=CC(=O)OC(Br)(Br)c1ccc(Br)c(Br)c1Br. The number of carbonyl (C=O) groups is 2. The summed E-state index contributed by atoms with van der Waals surface area (Å²) in [5, 5.41) is 7.60. The third-order valence-electron chi connectivity index (χ3n) is 1.92. The number of halogens is 5. The molecule has 22 heavy (non-hydrogen) atoms. The largest absolute Gasteiger partial charge is 0.478 e. The second-order valence-electron chi connectivity index (χ2n) is 3.41. The monoisotopic (exact) mass is 624 g/mol. The summed E-state index contributed by atoms with van der Waals surface area (Å²) in [6, 6.07) is 3.64. The van der Waals surface area contributed by atoms with Crippen molar-refractivity contribution in [2.24, 2.45) is 0 Å². The van der Waals surface area contributed by atoms with Crippen LogP contribution in [0.5, 0.6) is 0 Å². The highest BCUT2D eigenvalue weighted by molar-refractivity contribution is 9.24. The van der Waals surface area contributed by atoms with E-state index < -0.39 is 15.4 Å². The zero-order valence-electron chi connectivity index (χ0n) is 10.8. The molecule has 1 rings (SSSR count). The van der Waals surface area contributed by atoms with Crippen molar-refractivity contribution in [2.75, 3.05) is 0 Å². The quantitative estimate of drug-likeness (QED) is 0.197. The number of rotatable bonds is 4. The van der Waals surface area contributed by atoms with Crippen molar-refractivity contribution < 1.29 is 19.4 Å².